The summed E-state index contributed by atoms with van der Waals surface area (Å²) in [5.41, 5.74) is 0.541. The molecule has 0 N–H and O–H groups in total. The first-order valence-corrected chi connectivity index (χ1v) is 4.97. The highest BCUT2D eigenvalue weighted by Gasteiger charge is 2.19. The first kappa shape index (κ1) is 9.19. The van der Waals surface area contributed by atoms with Gasteiger partial charge < -0.3 is 4.74 Å². The van der Waals surface area contributed by atoms with E-state index in [4.69, 9.17) is 4.74 Å². The summed E-state index contributed by atoms with van der Waals surface area (Å²) in [5, 5.41) is 0. The number of esters is 1. The van der Waals surface area contributed by atoms with Crippen molar-refractivity contribution in [1.82, 2.24) is 4.98 Å². The second kappa shape index (κ2) is 4.22. The normalized spacial score (nSPS) is 16.9. The molecule has 1 fully saturated rings. The van der Waals surface area contributed by atoms with Crippen LogP contribution in [0.3, 0.4) is 0 Å². The lowest BCUT2D eigenvalue weighted by molar-refractivity contribution is 0.0317. The van der Waals surface area contributed by atoms with Crippen molar-refractivity contribution in [2.75, 3.05) is 0 Å². The van der Waals surface area contributed by atoms with Crippen molar-refractivity contribution >= 4 is 5.97 Å². The smallest absolute Gasteiger partial charge is 0.339 e. The lowest BCUT2D eigenvalue weighted by Gasteiger charge is -2.10. The molecule has 3 heteroatoms. The monoisotopic (exact) mass is 191 g/mol. The van der Waals surface area contributed by atoms with E-state index >= 15 is 0 Å². The van der Waals surface area contributed by atoms with E-state index in [-0.39, 0.29) is 12.1 Å². The minimum Gasteiger partial charge on any atom is -0.459 e. The van der Waals surface area contributed by atoms with Gasteiger partial charge in [-0.1, -0.05) is 0 Å². The fourth-order valence-electron chi connectivity index (χ4n) is 1.71. The summed E-state index contributed by atoms with van der Waals surface area (Å²) < 4.78 is 5.32. The first-order chi connectivity index (χ1) is 6.86. The van der Waals surface area contributed by atoms with E-state index in [0.29, 0.717) is 5.56 Å². The number of aromatic nitrogens is 1. The summed E-state index contributed by atoms with van der Waals surface area (Å²) in [6.45, 7) is 0. The average Bonchev–Trinajstić information content (AvgIpc) is 2.72. The second-order valence-corrected chi connectivity index (χ2v) is 3.55. The van der Waals surface area contributed by atoms with Gasteiger partial charge in [0.1, 0.15) is 6.10 Å². The van der Waals surface area contributed by atoms with Gasteiger partial charge in [0.25, 0.3) is 0 Å². The van der Waals surface area contributed by atoms with Crippen LogP contribution in [0.25, 0.3) is 0 Å². The van der Waals surface area contributed by atoms with E-state index in [9.17, 15) is 4.79 Å². The van der Waals surface area contributed by atoms with Crippen molar-refractivity contribution in [2.45, 2.75) is 31.8 Å². The molecule has 1 aliphatic carbocycles. The molecule has 0 bridgehead atoms. The van der Waals surface area contributed by atoms with Gasteiger partial charge in [0.15, 0.2) is 0 Å². The molecule has 0 atom stereocenters. The summed E-state index contributed by atoms with van der Waals surface area (Å²) in [4.78, 5) is 15.4. The van der Waals surface area contributed by atoms with Gasteiger partial charge in [0, 0.05) is 12.4 Å². The SMILES string of the molecule is O=C(OC1CCCC1)c1cccnc1. The third kappa shape index (κ3) is 2.10. The summed E-state index contributed by atoms with van der Waals surface area (Å²) >= 11 is 0. The third-order valence-electron chi connectivity index (χ3n) is 2.47. The van der Waals surface area contributed by atoms with Crippen molar-refractivity contribution in [2.24, 2.45) is 0 Å². The minimum atomic E-state index is -0.245. The van der Waals surface area contributed by atoms with Gasteiger partial charge in [-0.15, -0.1) is 0 Å². The fraction of sp³-hybridized carbons (Fsp3) is 0.455. The average molecular weight is 191 g/mol. The van der Waals surface area contributed by atoms with Crippen LogP contribution >= 0.6 is 0 Å². The lowest BCUT2D eigenvalue weighted by Crippen LogP contribution is -2.14. The van der Waals surface area contributed by atoms with E-state index in [2.05, 4.69) is 4.98 Å². The predicted octanol–water partition coefficient (Wildman–Crippen LogP) is 2.18. The molecule has 1 aromatic rings. The number of hydrogen-bond acceptors (Lipinski definition) is 3. The van der Waals surface area contributed by atoms with Crippen molar-refractivity contribution in [3.05, 3.63) is 30.1 Å². The maximum atomic E-state index is 11.5. The fourth-order valence-corrected chi connectivity index (χ4v) is 1.71. The first-order valence-electron chi connectivity index (χ1n) is 4.97. The molecule has 1 aromatic heterocycles. The molecular formula is C11H13NO2. The Morgan fingerprint density at radius 1 is 1.43 bits per heavy atom. The minimum absolute atomic E-state index is 0.128. The Bertz CT molecular complexity index is 304. The van der Waals surface area contributed by atoms with Gasteiger partial charge in [-0.25, -0.2) is 4.79 Å². The van der Waals surface area contributed by atoms with Gasteiger partial charge in [0.2, 0.25) is 0 Å². The molecule has 0 radical (unpaired) electrons. The van der Waals surface area contributed by atoms with E-state index in [1.54, 1.807) is 18.3 Å². The van der Waals surface area contributed by atoms with Gasteiger partial charge in [-0.2, -0.15) is 0 Å². The topological polar surface area (TPSA) is 39.2 Å². The zero-order valence-electron chi connectivity index (χ0n) is 7.98. The summed E-state index contributed by atoms with van der Waals surface area (Å²) in [6.07, 6.45) is 7.67. The molecule has 1 heterocycles. The molecular weight excluding hydrogens is 178 g/mol. The second-order valence-electron chi connectivity index (χ2n) is 3.55. The van der Waals surface area contributed by atoms with Crippen molar-refractivity contribution in [3.8, 4) is 0 Å². The highest BCUT2D eigenvalue weighted by Crippen LogP contribution is 2.21. The van der Waals surface area contributed by atoms with Crippen LogP contribution in [0.1, 0.15) is 36.0 Å². The van der Waals surface area contributed by atoms with Gasteiger partial charge in [-0.3, -0.25) is 4.98 Å². The molecule has 0 amide bonds. The van der Waals surface area contributed by atoms with E-state index in [0.717, 1.165) is 12.8 Å². The molecule has 74 valence electrons. The van der Waals surface area contributed by atoms with Crippen LogP contribution in [-0.4, -0.2) is 17.1 Å². The molecule has 0 aliphatic heterocycles. The highest BCUT2D eigenvalue weighted by molar-refractivity contribution is 5.89. The number of carbonyl (C=O) groups excluding carboxylic acids is 1. The van der Waals surface area contributed by atoms with Gasteiger partial charge in [0.05, 0.1) is 5.56 Å². The van der Waals surface area contributed by atoms with Crippen LogP contribution < -0.4 is 0 Å². The number of ether oxygens (including phenoxy) is 1. The van der Waals surface area contributed by atoms with Crippen LogP contribution in [0.15, 0.2) is 24.5 Å². The molecule has 1 saturated carbocycles. The van der Waals surface area contributed by atoms with Crippen LogP contribution in [-0.2, 0) is 4.74 Å². The summed E-state index contributed by atoms with van der Waals surface area (Å²) in [5.74, 6) is -0.245. The van der Waals surface area contributed by atoms with Crippen LogP contribution in [0.5, 0.6) is 0 Å². The predicted molar refractivity (Wildman–Crippen MR) is 51.9 cm³/mol. The molecule has 0 unspecified atom stereocenters. The zero-order valence-corrected chi connectivity index (χ0v) is 7.98. The van der Waals surface area contributed by atoms with Crippen LogP contribution in [0, 0.1) is 0 Å². The number of hydrogen-bond donors (Lipinski definition) is 0. The Balaban J connectivity index is 1.95. The maximum absolute atomic E-state index is 11.5. The summed E-state index contributed by atoms with van der Waals surface area (Å²) in [6, 6.07) is 3.47. The van der Waals surface area contributed by atoms with Crippen molar-refractivity contribution < 1.29 is 9.53 Å². The Labute approximate surface area is 83.1 Å². The van der Waals surface area contributed by atoms with E-state index < -0.39 is 0 Å². The molecule has 0 spiro atoms. The molecule has 1 aliphatic rings. The molecule has 0 saturated heterocycles. The number of carbonyl (C=O) groups is 1. The third-order valence-corrected chi connectivity index (χ3v) is 2.47. The Kier molecular flexibility index (Phi) is 2.77. The van der Waals surface area contributed by atoms with E-state index in [1.807, 2.05) is 0 Å². The van der Waals surface area contributed by atoms with Gasteiger partial charge >= 0.3 is 5.97 Å². The number of pyridine rings is 1. The Morgan fingerprint density at radius 3 is 2.86 bits per heavy atom. The molecule has 2 rings (SSSR count). The Morgan fingerprint density at radius 2 is 2.21 bits per heavy atom. The lowest BCUT2D eigenvalue weighted by atomic mass is 10.3. The van der Waals surface area contributed by atoms with Crippen molar-refractivity contribution in [1.29, 1.82) is 0 Å². The number of rotatable bonds is 2. The van der Waals surface area contributed by atoms with Crippen LogP contribution in [0.4, 0.5) is 0 Å². The van der Waals surface area contributed by atoms with E-state index in [1.165, 1.54) is 19.0 Å². The molecule has 0 aromatic carbocycles. The standard InChI is InChI=1S/C11H13NO2/c13-11(9-4-3-7-12-8-9)14-10-5-1-2-6-10/h3-4,7-8,10H,1-2,5-6H2. The quantitative estimate of drug-likeness (QED) is 0.672. The van der Waals surface area contributed by atoms with Gasteiger partial charge in [-0.05, 0) is 37.8 Å². The zero-order chi connectivity index (χ0) is 9.80. The Hall–Kier alpha value is -1.38. The maximum Gasteiger partial charge on any atom is 0.339 e. The van der Waals surface area contributed by atoms with Crippen molar-refractivity contribution in [3.63, 3.8) is 0 Å². The largest absolute Gasteiger partial charge is 0.459 e. The summed E-state index contributed by atoms with van der Waals surface area (Å²) in [7, 11) is 0. The number of nitrogens with zero attached hydrogens (tertiary/aromatic N) is 1. The molecule has 3 nitrogen and oxygen atoms in total. The van der Waals surface area contributed by atoms with Crippen LogP contribution in [0.2, 0.25) is 0 Å². The highest BCUT2D eigenvalue weighted by atomic mass is 16.5. The molecule has 14 heavy (non-hydrogen) atoms.